The van der Waals surface area contributed by atoms with E-state index in [4.69, 9.17) is 16.0 Å². The molecular weight excluding hydrogens is 594 g/mol. The number of fused-ring (bicyclic) bond motifs is 1. The molecule has 0 saturated carbocycles. The van der Waals surface area contributed by atoms with E-state index in [9.17, 15) is 21.6 Å². The van der Waals surface area contributed by atoms with Crippen molar-refractivity contribution < 1.29 is 21.3 Å². The molecule has 1 aromatic heterocycles. The van der Waals surface area contributed by atoms with Gasteiger partial charge in [-0.05, 0) is 91.6 Å². The fourth-order valence-corrected chi connectivity index (χ4v) is 8.37. The number of aryl methyl sites for hydroxylation is 2. The fraction of sp³-hybridized carbons (Fsp3) is 0.156. The Kier molecular flexibility index (Phi) is 8.28. The van der Waals surface area contributed by atoms with Crippen molar-refractivity contribution in [3.8, 4) is 11.1 Å². The van der Waals surface area contributed by atoms with E-state index in [1.807, 2.05) is 0 Å². The van der Waals surface area contributed by atoms with Gasteiger partial charge in [0.1, 0.15) is 5.58 Å². The Hall–Kier alpha value is -3.92. The number of anilines is 1. The molecule has 4 aromatic carbocycles. The quantitative estimate of drug-likeness (QED) is 0.160. The SMILES string of the molecule is CCCCc1ccc(S(=O)(=O)N(c2ccc3oc(=O)c(-c4ccc(Cl)cc4)cc3c2)S(=O)(=O)c2ccc(C)cc2)cc1. The van der Waals surface area contributed by atoms with Gasteiger partial charge in [0.15, 0.2) is 0 Å². The topological polar surface area (TPSA) is 102 Å². The number of halogens is 1. The average molecular weight is 622 g/mol. The zero-order valence-electron chi connectivity index (χ0n) is 23.0. The van der Waals surface area contributed by atoms with E-state index in [0.29, 0.717) is 19.7 Å². The summed E-state index contributed by atoms with van der Waals surface area (Å²) in [5, 5.41) is 0.832. The third kappa shape index (κ3) is 5.86. The van der Waals surface area contributed by atoms with Gasteiger partial charge in [-0.2, -0.15) is 3.71 Å². The highest BCUT2D eigenvalue weighted by Gasteiger charge is 2.37. The summed E-state index contributed by atoms with van der Waals surface area (Å²) in [6, 6.07) is 24.4. The number of sulfonamides is 2. The monoisotopic (exact) mass is 621 g/mol. The Labute approximate surface area is 250 Å². The van der Waals surface area contributed by atoms with Crippen molar-refractivity contribution in [1.82, 2.24) is 0 Å². The summed E-state index contributed by atoms with van der Waals surface area (Å²) in [6.07, 6.45) is 2.73. The fourth-order valence-electron chi connectivity index (χ4n) is 4.57. The maximum absolute atomic E-state index is 14.1. The number of hydrogen-bond donors (Lipinski definition) is 0. The molecule has 0 aliphatic rings. The summed E-state index contributed by atoms with van der Waals surface area (Å²) in [6.45, 7) is 3.88. The smallest absolute Gasteiger partial charge is 0.344 e. The highest BCUT2D eigenvalue weighted by Crippen LogP contribution is 2.34. The molecule has 10 heteroatoms. The van der Waals surface area contributed by atoms with Gasteiger partial charge in [0.25, 0.3) is 20.0 Å². The summed E-state index contributed by atoms with van der Waals surface area (Å²) in [5.41, 5.74) is 1.98. The van der Waals surface area contributed by atoms with E-state index in [0.717, 1.165) is 30.4 Å². The lowest BCUT2D eigenvalue weighted by Crippen LogP contribution is -2.37. The van der Waals surface area contributed by atoms with E-state index in [1.54, 1.807) is 61.5 Å². The molecule has 7 nitrogen and oxygen atoms in total. The van der Waals surface area contributed by atoms with Crippen molar-refractivity contribution in [3.63, 3.8) is 0 Å². The number of nitrogens with zero attached hydrogens (tertiary/aromatic N) is 1. The molecule has 0 amide bonds. The predicted molar refractivity (Wildman–Crippen MR) is 166 cm³/mol. The first-order valence-electron chi connectivity index (χ1n) is 13.3. The molecule has 5 rings (SSSR count). The van der Waals surface area contributed by atoms with Crippen molar-refractivity contribution >= 4 is 48.3 Å². The first kappa shape index (κ1) is 29.6. The van der Waals surface area contributed by atoms with Crippen LogP contribution in [0.15, 0.2) is 116 Å². The third-order valence-corrected chi connectivity index (χ3v) is 11.3. The van der Waals surface area contributed by atoms with Crippen LogP contribution in [0.5, 0.6) is 0 Å². The van der Waals surface area contributed by atoms with Crippen LogP contribution in [0, 0.1) is 6.92 Å². The van der Waals surface area contributed by atoms with Crippen molar-refractivity contribution in [2.75, 3.05) is 3.71 Å². The van der Waals surface area contributed by atoms with Crippen LogP contribution in [0.1, 0.15) is 30.9 Å². The zero-order chi connectivity index (χ0) is 30.1. The maximum Gasteiger partial charge on any atom is 0.344 e. The van der Waals surface area contributed by atoms with E-state index in [2.05, 4.69) is 6.92 Å². The molecule has 0 radical (unpaired) electrons. The maximum atomic E-state index is 14.1. The van der Waals surface area contributed by atoms with E-state index in [-0.39, 0.29) is 26.6 Å². The minimum absolute atomic E-state index is 0.131. The van der Waals surface area contributed by atoms with E-state index >= 15 is 0 Å². The Morgan fingerprint density at radius 1 is 0.762 bits per heavy atom. The zero-order valence-corrected chi connectivity index (χ0v) is 25.3. The molecule has 5 aromatic rings. The molecule has 0 fully saturated rings. The Morgan fingerprint density at radius 3 is 1.95 bits per heavy atom. The normalized spacial score (nSPS) is 12.0. The molecule has 0 bridgehead atoms. The highest BCUT2D eigenvalue weighted by atomic mass is 35.5. The lowest BCUT2D eigenvalue weighted by molar-refractivity contribution is 0.563. The van der Waals surface area contributed by atoms with Gasteiger partial charge < -0.3 is 4.42 Å². The summed E-state index contributed by atoms with van der Waals surface area (Å²) in [7, 11) is -9.22. The molecule has 0 N–H and O–H groups in total. The van der Waals surface area contributed by atoms with Crippen LogP contribution in [0.4, 0.5) is 5.69 Å². The second-order valence-corrected chi connectivity index (χ2v) is 14.2. The van der Waals surface area contributed by atoms with Gasteiger partial charge in [-0.1, -0.05) is 66.9 Å². The van der Waals surface area contributed by atoms with Gasteiger partial charge in [0.05, 0.1) is 21.0 Å². The minimum atomic E-state index is -4.61. The molecule has 0 saturated heterocycles. The molecule has 0 aliphatic carbocycles. The van der Waals surface area contributed by atoms with Crippen LogP contribution in [-0.2, 0) is 26.5 Å². The number of rotatable bonds is 9. The summed E-state index contributed by atoms with van der Waals surface area (Å²) in [4.78, 5) is 12.4. The number of benzene rings is 4. The first-order valence-corrected chi connectivity index (χ1v) is 16.6. The summed E-state index contributed by atoms with van der Waals surface area (Å²) >= 11 is 5.99. The molecule has 216 valence electrons. The number of unbranched alkanes of at least 4 members (excludes halogenated alkanes) is 1. The van der Waals surface area contributed by atoms with Crippen LogP contribution in [0.3, 0.4) is 0 Å². The molecule has 42 heavy (non-hydrogen) atoms. The van der Waals surface area contributed by atoms with Gasteiger partial charge in [-0.25, -0.2) is 21.6 Å². The minimum Gasteiger partial charge on any atom is -0.422 e. The molecule has 0 unspecified atom stereocenters. The first-order chi connectivity index (χ1) is 20.0. The van der Waals surface area contributed by atoms with Crippen LogP contribution in [-0.4, -0.2) is 16.8 Å². The predicted octanol–water partition coefficient (Wildman–Crippen LogP) is 7.35. The lowest BCUT2D eigenvalue weighted by atomic mass is 10.1. The largest absolute Gasteiger partial charge is 0.422 e. The second-order valence-electron chi connectivity index (χ2n) is 9.94. The Bertz CT molecular complexity index is 2020. The van der Waals surface area contributed by atoms with Crippen molar-refractivity contribution in [1.29, 1.82) is 0 Å². The Balaban J connectivity index is 1.69. The van der Waals surface area contributed by atoms with Gasteiger partial charge in [0, 0.05) is 10.4 Å². The molecule has 0 aliphatic heterocycles. The van der Waals surface area contributed by atoms with Crippen molar-refractivity contribution in [2.24, 2.45) is 0 Å². The van der Waals surface area contributed by atoms with Crippen molar-refractivity contribution in [2.45, 2.75) is 42.9 Å². The van der Waals surface area contributed by atoms with Crippen LogP contribution in [0.2, 0.25) is 5.02 Å². The second kappa shape index (κ2) is 11.8. The van der Waals surface area contributed by atoms with Crippen LogP contribution >= 0.6 is 11.6 Å². The number of hydrogen-bond acceptors (Lipinski definition) is 6. The lowest BCUT2D eigenvalue weighted by Gasteiger charge is -2.24. The van der Waals surface area contributed by atoms with E-state index in [1.165, 1.54) is 42.5 Å². The summed E-state index contributed by atoms with van der Waals surface area (Å²) in [5.74, 6) is 0. The average Bonchev–Trinajstić information content (AvgIpc) is 2.96. The molecule has 0 atom stereocenters. The highest BCUT2D eigenvalue weighted by molar-refractivity contribution is 8.10. The third-order valence-electron chi connectivity index (χ3n) is 6.88. The molecular formula is C32H28ClNO6S2. The molecule has 0 spiro atoms. The van der Waals surface area contributed by atoms with Crippen LogP contribution < -0.4 is 9.34 Å². The van der Waals surface area contributed by atoms with E-state index < -0.39 is 25.7 Å². The molecule has 1 heterocycles. The standard InChI is InChI=1S/C32H28ClNO6S2/c1-3-4-5-23-8-17-29(18-9-23)42(38,39)34(41(36,37)28-15-6-22(2)7-16-28)27-14-19-31-25(20-27)21-30(32(35)40-31)24-10-12-26(33)13-11-24/h6-21H,3-5H2,1-2H3. The summed E-state index contributed by atoms with van der Waals surface area (Å²) < 4.78 is 62.3. The van der Waals surface area contributed by atoms with Gasteiger partial charge in [0.2, 0.25) is 0 Å². The van der Waals surface area contributed by atoms with Crippen molar-refractivity contribution in [3.05, 3.63) is 124 Å². The van der Waals surface area contributed by atoms with Gasteiger partial charge in [-0.3, -0.25) is 0 Å². The Morgan fingerprint density at radius 2 is 1.36 bits per heavy atom. The van der Waals surface area contributed by atoms with Crippen LogP contribution in [0.25, 0.3) is 22.1 Å². The van der Waals surface area contributed by atoms with Gasteiger partial charge >= 0.3 is 5.63 Å². The van der Waals surface area contributed by atoms with Gasteiger partial charge in [-0.15, -0.1) is 0 Å².